The van der Waals surface area contributed by atoms with Crippen molar-refractivity contribution in [2.45, 2.75) is 19.5 Å². The van der Waals surface area contributed by atoms with Crippen molar-refractivity contribution in [3.05, 3.63) is 83.4 Å². The molecule has 2 amide bonds. The number of carboxylic acid groups (broad SMARTS) is 1. The van der Waals surface area contributed by atoms with Crippen molar-refractivity contribution in [1.29, 1.82) is 0 Å². The fraction of sp³-hybridized carbons (Fsp3) is 0.136. The molecule has 0 saturated heterocycles. The first-order valence-electron chi connectivity index (χ1n) is 8.85. The van der Waals surface area contributed by atoms with Crippen molar-refractivity contribution in [2.75, 3.05) is 0 Å². The van der Waals surface area contributed by atoms with Crippen molar-refractivity contribution in [2.24, 2.45) is 0 Å². The number of amides is 2. The van der Waals surface area contributed by atoms with Crippen LogP contribution in [0.3, 0.4) is 0 Å². The molecule has 0 bridgehead atoms. The van der Waals surface area contributed by atoms with Crippen LogP contribution in [0.25, 0.3) is 10.8 Å². The highest BCUT2D eigenvalue weighted by Gasteiger charge is 2.17. The fourth-order valence-electron chi connectivity index (χ4n) is 3.13. The van der Waals surface area contributed by atoms with Crippen LogP contribution >= 0.6 is 0 Å². The van der Waals surface area contributed by atoms with E-state index >= 15 is 0 Å². The van der Waals surface area contributed by atoms with Crippen LogP contribution in [0, 0.1) is 0 Å². The molecule has 3 rings (SSSR count). The number of hydrogen-bond acceptors (Lipinski definition) is 3. The highest BCUT2D eigenvalue weighted by Crippen LogP contribution is 2.24. The Labute approximate surface area is 162 Å². The van der Waals surface area contributed by atoms with E-state index in [4.69, 9.17) is 5.11 Å². The molecular formula is C22H20N2O4. The Morgan fingerprint density at radius 3 is 2.39 bits per heavy atom. The second-order valence-electron chi connectivity index (χ2n) is 6.41. The van der Waals surface area contributed by atoms with Gasteiger partial charge in [0.1, 0.15) is 0 Å². The molecule has 3 N–H and O–H groups in total. The zero-order chi connectivity index (χ0) is 20.1. The molecule has 1 atom stereocenters. The molecule has 0 aliphatic rings. The van der Waals surface area contributed by atoms with E-state index in [1.54, 1.807) is 24.3 Å². The van der Waals surface area contributed by atoms with Gasteiger partial charge in [-0.1, -0.05) is 60.7 Å². The minimum Gasteiger partial charge on any atom is -0.474 e. The second kappa shape index (κ2) is 8.35. The Bertz CT molecular complexity index is 1040. The summed E-state index contributed by atoms with van der Waals surface area (Å²) in [5.41, 5.74) is 1.93. The van der Waals surface area contributed by atoms with E-state index in [2.05, 4.69) is 10.6 Å². The van der Waals surface area contributed by atoms with Crippen LogP contribution in [0.15, 0.2) is 66.7 Å². The quantitative estimate of drug-likeness (QED) is 0.597. The Balaban J connectivity index is 1.79. The van der Waals surface area contributed by atoms with Crippen LogP contribution in [-0.4, -0.2) is 22.9 Å². The lowest BCUT2D eigenvalue weighted by atomic mass is 9.99. The number of benzene rings is 3. The number of rotatable bonds is 5. The maximum absolute atomic E-state index is 12.8. The number of nitrogens with one attached hydrogen (secondary N) is 2. The first-order chi connectivity index (χ1) is 13.5. The van der Waals surface area contributed by atoms with E-state index < -0.39 is 11.9 Å². The Hall–Kier alpha value is -3.67. The Morgan fingerprint density at radius 2 is 1.61 bits per heavy atom. The van der Waals surface area contributed by atoms with Crippen LogP contribution < -0.4 is 10.6 Å². The summed E-state index contributed by atoms with van der Waals surface area (Å²) in [4.78, 5) is 34.8. The summed E-state index contributed by atoms with van der Waals surface area (Å²) in [5, 5.41) is 16.1. The lowest BCUT2D eigenvalue weighted by molar-refractivity contribution is -0.150. The van der Waals surface area contributed by atoms with Gasteiger partial charge < -0.3 is 15.7 Å². The van der Waals surface area contributed by atoms with Gasteiger partial charge in [0.05, 0.1) is 6.04 Å². The third-order valence-electron chi connectivity index (χ3n) is 4.53. The van der Waals surface area contributed by atoms with Crippen molar-refractivity contribution >= 4 is 28.6 Å². The van der Waals surface area contributed by atoms with Crippen molar-refractivity contribution in [3.8, 4) is 0 Å². The predicted molar refractivity (Wildman–Crippen MR) is 106 cm³/mol. The maximum Gasteiger partial charge on any atom is 0.394 e. The zero-order valence-electron chi connectivity index (χ0n) is 15.3. The molecule has 0 aliphatic carbocycles. The predicted octanol–water partition coefficient (Wildman–Crippen LogP) is 3.03. The summed E-state index contributed by atoms with van der Waals surface area (Å²) in [7, 11) is 0. The summed E-state index contributed by atoms with van der Waals surface area (Å²) >= 11 is 0. The van der Waals surface area contributed by atoms with Crippen LogP contribution in [-0.2, 0) is 16.1 Å². The van der Waals surface area contributed by atoms with Gasteiger partial charge in [-0.3, -0.25) is 9.59 Å². The first-order valence-corrected chi connectivity index (χ1v) is 8.85. The van der Waals surface area contributed by atoms with Crippen LogP contribution in [0.4, 0.5) is 0 Å². The molecular weight excluding hydrogens is 356 g/mol. The fourth-order valence-corrected chi connectivity index (χ4v) is 3.13. The van der Waals surface area contributed by atoms with Gasteiger partial charge >= 0.3 is 11.9 Å². The smallest absolute Gasteiger partial charge is 0.394 e. The third kappa shape index (κ3) is 4.17. The molecule has 3 aromatic carbocycles. The lowest BCUT2D eigenvalue weighted by Gasteiger charge is -2.18. The highest BCUT2D eigenvalue weighted by molar-refractivity contribution is 6.31. The Morgan fingerprint density at radius 1 is 0.929 bits per heavy atom. The molecule has 6 heteroatoms. The summed E-state index contributed by atoms with van der Waals surface area (Å²) < 4.78 is 0. The molecule has 142 valence electrons. The normalized spacial score (nSPS) is 11.6. The average molecular weight is 376 g/mol. The van der Waals surface area contributed by atoms with Gasteiger partial charge in [0.2, 0.25) is 0 Å². The minimum atomic E-state index is -1.56. The van der Waals surface area contributed by atoms with E-state index in [9.17, 15) is 14.4 Å². The van der Waals surface area contributed by atoms with Gasteiger partial charge in [-0.15, -0.1) is 0 Å². The maximum atomic E-state index is 12.8. The van der Waals surface area contributed by atoms with E-state index in [-0.39, 0.29) is 18.5 Å². The molecule has 0 aliphatic heterocycles. The third-order valence-corrected chi connectivity index (χ3v) is 4.53. The highest BCUT2D eigenvalue weighted by atomic mass is 16.4. The van der Waals surface area contributed by atoms with Gasteiger partial charge in [0, 0.05) is 12.1 Å². The molecule has 0 aromatic heterocycles. The molecule has 0 radical (unpaired) electrons. The summed E-state index contributed by atoms with van der Waals surface area (Å²) in [5.74, 6) is -2.97. The van der Waals surface area contributed by atoms with Crippen LogP contribution in [0.1, 0.15) is 34.5 Å². The SMILES string of the molecule is C[C@@H](NC(=O)c1ccccc1CNC(=O)C(=O)O)c1cccc2ccccc12. The topological polar surface area (TPSA) is 95.5 Å². The van der Waals surface area contributed by atoms with Gasteiger partial charge in [0.15, 0.2) is 0 Å². The van der Waals surface area contributed by atoms with E-state index in [1.165, 1.54) is 0 Å². The second-order valence-corrected chi connectivity index (χ2v) is 6.41. The standard InChI is InChI=1S/C22H20N2O4/c1-14(17-12-6-9-15-7-2-4-10-18(15)17)24-20(25)19-11-5-3-8-16(19)13-23-21(26)22(27)28/h2-12,14H,13H2,1H3,(H,23,26)(H,24,25)(H,27,28)/t14-/m1/s1. The van der Waals surface area contributed by atoms with Crippen molar-refractivity contribution < 1.29 is 19.5 Å². The van der Waals surface area contributed by atoms with Gasteiger partial charge in [-0.25, -0.2) is 4.79 Å². The lowest BCUT2D eigenvalue weighted by Crippen LogP contribution is -2.32. The van der Waals surface area contributed by atoms with E-state index in [0.29, 0.717) is 11.1 Å². The summed E-state index contributed by atoms with van der Waals surface area (Å²) in [6.45, 7) is 1.87. The number of aliphatic carboxylic acids is 1. The Kier molecular flexibility index (Phi) is 5.69. The van der Waals surface area contributed by atoms with Gasteiger partial charge in [0.25, 0.3) is 5.91 Å². The van der Waals surface area contributed by atoms with Crippen molar-refractivity contribution in [3.63, 3.8) is 0 Å². The molecule has 3 aromatic rings. The summed E-state index contributed by atoms with van der Waals surface area (Å²) in [6.07, 6.45) is 0. The molecule has 0 fully saturated rings. The van der Waals surface area contributed by atoms with E-state index in [0.717, 1.165) is 16.3 Å². The molecule has 28 heavy (non-hydrogen) atoms. The number of carboxylic acids is 1. The molecule has 0 unspecified atom stereocenters. The molecule has 6 nitrogen and oxygen atoms in total. The van der Waals surface area contributed by atoms with Gasteiger partial charge in [-0.2, -0.15) is 0 Å². The van der Waals surface area contributed by atoms with E-state index in [1.807, 2.05) is 49.4 Å². The van der Waals surface area contributed by atoms with Gasteiger partial charge in [-0.05, 0) is 34.9 Å². The largest absolute Gasteiger partial charge is 0.474 e. The molecule has 0 saturated carbocycles. The monoisotopic (exact) mass is 376 g/mol. The molecule has 0 heterocycles. The number of carbonyl (C=O) groups is 3. The number of fused-ring (bicyclic) bond motifs is 1. The zero-order valence-corrected chi connectivity index (χ0v) is 15.3. The van der Waals surface area contributed by atoms with Crippen LogP contribution in [0.5, 0.6) is 0 Å². The van der Waals surface area contributed by atoms with Crippen LogP contribution in [0.2, 0.25) is 0 Å². The number of carbonyl (C=O) groups excluding carboxylic acids is 2. The minimum absolute atomic E-state index is 0.0443. The van der Waals surface area contributed by atoms with Crippen molar-refractivity contribution in [1.82, 2.24) is 10.6 Å². The number of hydrogen-bond donors (Lipinski definition) is 3. The first kappa shape index (κ1) is 19.1. The average Bonchev–Trinajstić information content (AvgIpc) is 2.71. The summed E-state index contributed by atoms with van der Waals surface area (Å²) in [6, 6.07) is 20.5. The molecule has 0 spiro atoms.